The lowest BCUT2D eigenvalue weighted by Crippen LogP contribution is -2.73. The lowest BCUT2D eigenvalue weighted by Gasteiger charge is -2.33. The van der Waals surface area contributed by atoms with Crippen molar-refractivity contribution >= 4 is 45.2 Å². The van der Waals surface area contributed by atoms with E-state index in [2.05, 4.69) is 0 Å². The smallest absolute Gasteiger partial charge is 0.224 e. The van der Waals surface area contributed by atoms with Gasteiger partial charge < -0.3 is 0 Å². The van der Waals surface area contributed by atoms with Gasteiger partial charge in [0.25, 0.3) is 0 Å². The quantitative estimate of drug-likeness (QED) is 0.559. The average molecular weight is 410 g/mol. The molecule has 0 saturated carbocycles. The number of imide groups is 2. The molecule has 2 aromatic rings. The predicted octanol–water partition coefficient (Wildman–Crippen LogP) is 1.49. The summed E-state index contributed by atoms with van der Waals surface area (Å²) in [6.45, 7) is 0. The minimum absolute atomic E-state index is 0.187. The van der Waals surface area contributed by atoms with Gasteiger partial charge in [0.2, 0.25) is 0 Å². The lowest BCUT2D eigenvalue weighted by atomic mass is 10.3. The number of amides is 4. The molecule has 4 amide bonds. The van der Waals surface area contributed by atoms with Crippen LogP contribution in [0.3, 0.4) is 0 Å². The highest BCUT2D eigenvalue weighted by molar-refractivity contribution is 7.93. The third-order valence-corrected chi connectivity index (χ3v) is 7.44. The Morgan fingerprint density at radius 1 is 0.483 bits per heavy atom. The van der Waals surface area contributed by atoms with E-state index in [9.17, 15) is 27.6 Å². The summed E-state index contributed by atoms with van der Waals surface area (Å²) >= 11 is 0. The number of hydrogen-bond donors (Lipinski definition) is 0. The Bertz CT molecular complexity index is 1100. The first-order valence-electron chi connectivity index (χ1n) is 8.50. The van der Waals surface area contributed by atoms with Gasteiger partial charge in [0, 0.05) is 24.3 Å². The maximum absolute atomic E-state index is 14.1. The van der Waals surface area contributed by atoms with E-state index in [0.717, 1.165) is 24.3 Å². The zero-order valence-corrected chi connectivity index (χ0v) is 15.7. The molecule has 144 valence electrons. The molecule has 4 rings (SSSR count). The molecule has 2 aliphatic heterocycles. The standard InChI is InChI=1S/C20H14N2O6S/c23-17-11-12-18(24)21(17,15-7-3-1-4-8-15)29(27,28)22(16-9-5-2-6-10-16)19(25)13-14-20(22)26/h1-14H/q+2. The molecule has 0 unspecified atom stereocenters. The Hall–Kier alpha value is -3.53. The van der Waals surface area contributed by atoms with Gasteiger partial charge in [-0.25, -0.2) is 19.2 Å². The van der Waals surface area contributed by atoms with E-state index < -0.39 is 41.6 Å². The summed E-state index contributed by atoms with van der Waals surface area (Å²) in [5, 5.41) is 0. The first kappa shape index (κ1) is 18.8. The fraction of sp³-hybridized carbons (Fsp3) is 0. The summed E-state index contributed by atoms with van der Waals surface area (Å²) in [5.74, 6) is -4.33. The van der Waals surface area contributed by atoms with Crippen LogP contribution in [0.5, 0.6) is 0 Å². The van der Waals surface area contributed by atoms with Crippen LogP contribution >= 0.6 is 0 Å². The second-order valence-corrected chi connectivity index (χ2v) is 8.35. The van der Waals surface area contributed by atoms with E-state index in [1.807, 2.05) is 0 Å². The van der Waals surface area contributed by atoms with E-state index in [1.54, 1.807) is 12.1 Å². The van der Waals surface area contributed by atoms with Crippen molar-refractivity contribution < 1.29 is 27.6 Å². The van der Waals surface area contributed by atoms with Crippen molar-refractivity contribution in [2.24, 2.45) is 0 Å². The van der Waals surface area contributed by atoms with Crippen LogP contribution in [0.25, 0.3) is 0 Å². The predicted molar refractivity (Wildman–Crippen MR) is 104 cm³/mol. The lowest BCUT2D eigenvalue weighted by molar-refractivity contribution is -0.131. The third-order valence-electron chi connectivity index (χ3n) is 4.91. The molecule has 0 saturated heterocycles. The highest BCUT2D eigenvalue weighted by atomic mass is 32.2. The van der Waals surface area contributed by atoms with Crippen LogP contribution in [0.4, 0.5) is 11.4 Å². The zero-order valence-electron chi connectivity index (χ0n) is 14.8. The molecule has 0 fully saturated rings. The van der Waals surface area contributed by atoms with Crippen LogP contribution < -0.4 is 7.78 Å². The van der Waals surface area contributed by atoms with Crippen LogP contribution in [0.2, 0.25) is 0 Å². The van der Waals surface area contributed by atoms with Crippen molar-refractivity contribution in [3.05, 3.63) is 85.0 Å². The summed E-state index contributed by atoms with van der Waals surface area (Å²) in [6, 6.07) is 14.2. The molecule has 0 aromatic heterocycles. The first-order valence-corrected chi connectivity index (χ1v) is 9.90. The van der Waals surface area contributed by atoms with E-state index in [1.165, 1.54) is 48.5 Å². The molecule has 29 heavy (non-hydrogen) atoms. The van der Waals surface area contributed by atoms with Crippen molar-refractivity contribution in [2.75, 3.05) is 0 Å². The molecular formula is C20H14N2O6S+2. The van der Waals surface area contributed by atoms with Crippen molar-refractivity contribution in [3.63, 3.8) is 0 Å². The number of para-hydroxylation sites is 2. The maximum atomic E-state index is 14.1. The fourth-order valence-electron chi connectivity index (χ4n) is 3.61. The number of quaternary nitrogens is 2. The van der Waals surface area contributed by atoms with Crippen molar-refractivity contribution in [1.29, 1.82) is 0 Å². The molecule has 9 heteroatoms. The van der Waals surface area contributed by atoms with Gasteiger partial charge in [0.15, 0.2) is 11.4 Å². The Balaban J connectivity index is 2.13. The van der Waals surface area contributed by atoms with Gasteiger partial charge in [-0.05, 0) is 7.78 Å². The summed E-state index contributed by atoms with van der Waals surface area (Å²) in [7, 11) is -5.21. The number of nitrogens with zero attached hydrogens (tertiary/aromatic N) is 2. The minimum Gasteiger partial charge on any atom is -0.224 e. The van der Waals surface area contributed by atoms with Gasteiger partial charge in [-0.15, -0.1) is 8.42 Å². The molecule has 0 atom stereocenters. The Kier molecular flexibility index (Phi) is 4.05. The van der Waals surface area contributed by atoms with Gasteiger partial charge in [0.05, 0.1) is 24.3 Å². The van der Waals surface area contributed by atoms with Crippen molar-refractivity contribution in [2.45, 2.75) is 0 Å². The molecule has 0 aliphatic carbocycles. The summed E-state index contributed by atoms with van der Waals surface area (Å²) in [5.41, 5.74) is -0.373. The van der Waals surface area contributed by atoms with E-state index in [4.69, 9.17) is 0 Å². The monoisotopic (exact) mass is 410 g/mol. The van der Waals surface area contributed by atoms with Gasteiger partial charge in [-0.3, -0.25) is 0 Å². The molecule has 2 heterocycles. The molecule has 2 aliphatic rings. The van der Waals surface area contributed by atoms with Gasteiger partial charge in [0.1, 0.15) is 0 Å². The van der Waals surface area contributed by atoms with Gasteiger partial charge in [-0.2, -0.15) is 0 Å². The number of carbonyl (C=O) groups excluding carboxylic acids is 4. The fourth-order valence-corrected chi connectivity index (χ4v) is 5.91. The van der Waals surface area contributed by atoms with Gasteiger partial charge in [-0.1, -0.05) is 36.4 Å². The highest BCUT2D eigenvalue weighted by Gasteiger charge is 2.75. The number of benzene rings is 2. The van der Waals surface area contributed by atoms with Crippen molar-refractivity contribution in [3.8, 4) is 0 Å². The SMILES string of the molecule is O=C1C=CC(=O)[N+]1(c1ccccc1)S(=O)(=O)[N+]1(c2ccccc2)C(=O)C=CC1=O. The van der Waals surface area contributed by atoms with E-state index >= 15 is 0 Å². The first-order chi connectivity index (χ1) is 13.8. The van der Waals surface area contributed by atoms with Crippen LogP contribution in [-0.4, -0.2) is 32.0 Å². The molecule has 2 aromatic carbocycles. The average Bonchev–Trinajstić information content (AvgIpc) is 3.20. The molecule has 8 nitrogen and oxygen atoms in total. The largest absolute Gasteiger partial charge is 0.501 e. The van der Waals surface area contributed by atoms with E-state index in [0.29, 0.717) is 0 Å². The molecular weight excluding hydrogens is 396 g/mol. The molecule has 0 bridgehead atoms. The maximum Gasteiger partial charge on any atom is 0.501 e. The molecule has 0 N–H and O–H groups in total. The summed E-state index contributed by atoms with van der Waals surface area (Å²) in [4.78, 5) is 51.7. The number of carbonyl (C=O) groups is 4. The van der Waals surface area contributed by atoms with Gasteiger partial charge >= 0.3 is 33.8 Å². The zero-order chi connectivity index (χ0) is 20.9. The van der Waals surface area contributed by atoms with Crippen LogP contribution in [0.15, 0.2) is 85.0 Å². The minimum atomic E-state index is -5.21. The Morgan fingerprint density at radius 2 is 0.759 bits per heavy atom. The molecule has 0 spiro atoms. The Labute approximate surface area is 165 Å². The van der Waals surface area contributed by atoms with Crippen LogP contribution in [0.1, 0.15) is 0 Å². The van der Waals surface area contributed by atoms with Crippen LogP contribution in [0, 0.1) is 0 Å². The Morgan fingerprint density at radius 3 is 1.03 bits per heavy atom. The normalized spacial score (nSPS) is 19.9. The third kappa shape index (κ3) is 2.11. The van der Waals surface area contributed by atoms with E-state index in [-0.39, 0.29) is 11.4 Å². The molecule has 0 radical (unpaired) electrons. The van der Waals surface area contributed by atoms with Crippen LogP contribution in [-0.2, 0) is 29.4 Å². The summed E-state index contributed by atoms with van der Waals surface area (Å²) in [6.07, 6.45) is 3.36. The second-order valence-electron chi connectivity index (χ2n) is 6.36. The summed E-state index contributed by atoms with van der Waals surface area (Å²) < 4.78 is 24.6. The highest BCUT2D eigenvalue weighted by Crippen LogP contribution is 2.42. The topological polar surface area (TPSA) is 102 Å². The second kappa shape index (κ2) is 6.24. The number of rotatable bonds is 4. The van der Waals surface area contributed by atoms with Crippen molar-refractivity contribution in [1.82, 2.24) is 7.78 Å². The number of hydrogen-bond acceptors (Lipinski definition) is 6.